The van der Waals surface area contributed by atoms with E-state index in [2.05, 4.69) is 14.7 Å². The summed E-state index contributed by atoms with van der Waals surface area (Å²) in [6.45, 7) is 2.08. The molecule has 0 radical (unpaired) electrons. The second-order valence-corrected chi connectivity index (χ2v) is 7.39. The van der Waals surface area contributed by atoms with E-state index in [1.54, 1.807) is 50.6 Å². The minimum atomic E-state index is -2.90. The van der Waals surface area contributed by atoms with Crippen LogP contribution in [0.3, 0.4) is 0 Å². The zero-order chi connectivity index (χ0) is 24.1. The smallest absolute Gasteiger partial charge is 0.387 e. The third-order valence-corrected chi connectivity index (χ3v) is 4.95. The summed E-state index contributed by atoms with van der Waals surface area (Å²) in [5.41, 5.74) is 2.48. The summed E-state index contributed by atoms with van der Waals surface area (Å²) < 4.78 is 36.3. The summed E-state index contributed by atoms with van der Waals surface area (Å²) in [6, 6.07) is 9.47. The van der Waals surface area contributed by atoms with Gasteiger partial charge in [0.05, 0.1) is 0 Å². The number of alkyl halides is 2. The van der Waals surface area contributed by atoms with E-state index in [0.29, 0.717) is 22.9 Å². The summed E-state index contributed by atoms with van der Waals surface area (Å²) in [7, 11) is 1.65. The van der Waals surface area contributed by atoms with Crippen molar-refractivity contribution in [2.45, 2.75) is 33.5 Å². The van der Waals surface area contributed by atoms with Crippen molar-refractivity contribution in [1.82, 2.24) is 14.5 Å². The van der Waals surface area contributed by atoms with Gasteiger partial charge in [-0.05, 0) is 57.2 Å². The van der Waals surface area contributed by atoms with E-state index in [4.69, 9.17) is 4.74 Å². The lowest BCUT2D eigenvalue weighted by molar-refractivity contribution is -0.144. The molecule has 1 aromatic carbocycles. The molecule has 0 bridgehead atoms. The SMILES string of the molecule is Cc1cc(C(=O)[C@@H](C)OC(=O)CN(C)c2ncccn2)c(C)n1-c1ccc(OC(F)F)cc1. The topological polar surface area (TPSA) is 86.6 Å². The number of nitrogens with zero attached hydrogens (tertiary/aromatic N) is 4. The molecule has 10 heteroatoms. The summed E-state index contributed by atoms with van der Waals surface area (Å²) in [4.78, 5) is 35.0. The third-order valence-electron chi connectivity index (χ3n) is 4.95. The molecule has 0 fully saturated rings. The van der Waals surface area contributed by atoms with Crippen molar-refractivity contribution in [3.63, 3.8) is 0 Å². The molecule has 174 valence electrons. The first-order valence-corrected chi connectivity index (χ1v) is 10.1. The van der Waals surface area contributed by atoms with Crippen LogP contribution in [0.25, 0.3) is 5.69 Å². The molecule has 0 aliphatic carbocycles. The lowest BCUT2D eigenvalue weighted by Crippen LogP contribution is -2.33. The van der Waals surface area contributed by atoms with Gasteiger partial charge in [0, 0.05) is 42.1 Å². The fraction of sp³-hybridized carbons (Fsp3) is 0.304. The first kappa shape index (κ1) is 23.8. The highest BCUT2D eigenvalue weighted by Gasteiger charge is 2.25. The van der Waals surface area contributed by atoms with Crippen molar-refractivity contribution >= 4 is 17.7 Å². The van der Waals surface area contributed by atoms with Gasteiger partial charge >= 0.3 is 12.6 Å². The molecule has 1 atom stereocenters. The Morgan fingerprint density at radius 2 is 1.76 bits per heavy atom. The Balaban J connectivity index is 1.70. The van der Waals surface area contributed by atoms with Crippen LogP contribution in [-0.2, 0) is 9.53 Å². The minimum absolute atomic E-state index is 0.0407. The molecular weight excluding hydrogens is 434 g/mol. The zero-order valence-electron chi connectivity index (χ0n) is 18.7. The summed E-state index contributed by atoms with van der Waals surface area (Å²) in [5, 5.41) is 0. The number of carbonyl (C=O) groups excluding carboxylic acids is 2. The normalized spacial score (nSPS) is 11.8. The van der Waals surface area contributed by atoms with E-state index in [0.717, 1.165) is 5.69 Å². The van der Waals surface area contributed by atoms with Gasteiger partial charge in [-0.2, -0.15) is 8.78 Å². The minimum Gasteiger partial charge on any atom is -0.453 e. The lowest BCUT2D eigenvalue weighted by Gasteiger charge is -2.18. The highest BCUT2D eigenvalue weighted by Crippen LogP contribution is 2.24. The molecular formula is C23H24F2N4O4. The number of likely N-dealkylation sites (N-methyl/N-ethyl adjacent to an activating group) is 1. The number of anilines is 1. The molecule has 0 amide bonds. The van der Waals surface area contributed by atoms with E-state index in [-0.39, 0.29) is 18.1 Å². The van der Waals surface area contributed by atoms with E-state index in [1.807, 2.05) is 11.5 Å². The molecule has 0 unspecified atom stereocenters. The van der Waals surface area contributed by atoms with Gasteiger partial charge in [-0.3, -0.25) is 9.59 Å². The van der Waals surface area contributed by atoms with Gasteiger partial charge in [-0.15, -0.1) is 0 Å². The molecule has 0 spiro atoms. The summed E-state index contributed by atoms with van der Waals surface area (Å²) >= 11 is 0. The van der Waals surface area contributed by atoms with Crippen LogP contribution in [0.2, 0.25) is 0 Å². The lowest BCUT2D eigenvalue weighted by atomic mass is 10.1. The maximum Gasteiger partial charge on any atom is 0.387 e. The number of rotatable bonds is 9. The van der Waals surface area contributed by atoms with Crippen LogP contribution in [0.5, 0.6) is 5.75 Å². The molecule has 8 nitrogen and oxygen atoms in total. The fourth-order valence-electron chi connectivity index (χ4n) is 3.45. The van der Waals surface area contributed by atoms with Gasteiger partial charge < -0.3 is 18.9 Å². The van der Waals surface area contributed by atoms with Crippen molar-refractivity contribution in [2.24, 2.45) is 0 Å². The van der Waals surface area contributed by atoms with Crippen molar-refractivity contribution in [2.75, 3.05) is 18.5 Å². The highest BCUT2D eigenvalue weighted by atomic mass is 19.3. The Morgan fingerprint density at radius 1 is 1.12 bits per heavy atom. The van der Waals surface area contributed by atoms with Crippen molar-refractivity contribution in [3.05, 3.63) is 65.7 Å². The van der Waals surface area contributed by atoms with E-state index >= 15 is 0 Å². The van der Waals surface area contributed by atoms with Crippen LogP contribution in [0.4, 0.5) is 14.7 Å². The molecule has 0 saturated carbocycles. The summed E-state index contributed by atoms with van der Waals surface area (Å²) in [6.07, 6.45) is 2.12. The molecule has 0 saturated heterocycles. The molecule has 2 aromatic heterocycles. The Bertz CT molecular complexity index is 1120. The van der Waals surface area contributed by atoms with Crippen LogP contribution >= 0.6 is 0 Å². The number of ether oxygens (including phenoxy) is 2. The number of aryl methyl sites for hydroxylation is 1. The van der Waals surface area contributed by atoms with Gasteiger partial charge in [0.2, 0.25) is 11.7 Å². The predicted molar refractivity (Wildman–Crippen MR) is 117 cm³/mol. The third kappa shape index (κ3) is 5.71. The quantitative estimate of drug-likeness (QED) is 0.357. The molecule has 0 N–H and O–H groups in total. The number of ketones is 1. The predicted octanol–water partition coefficient (Wildman–Crippen LogP) is 3.74. The van der Waals surface area contributed by atoms with E-state index < -0.39 is 18.7 Å². The van der Waals surface area contributed by atoms with Crippen LogP contribution in [0, 0.1) is 13.8 Å². The number of esters is 1. The Labute approximate surface area is 189 Å². The average molecular weight is 458 g/mol. The van der Waals surface area contributed by atoms with Gasteiger partial charge in [0.1, 0.15) is 12.3 Å². The molecule has 33 heavy (non-hydrogen) atoms. The van der Waals surface area contributed by atoms with Gasteiger partial charge in [-0.1, -0.05) is 0 Å². The Kier molecular flexibility index (Phi) is 7.37. The maximum absolute atomic E-state index is 13.0. The Hall–Kier alpha value is -3.82. The number of hydrogen-bond acceptors (Lipinski definition) is 7. The first-order valence-electron chi connectivity index (χ1n) is 10.1. The summed E-state index contributed by atoms with van der Waals surface area (Å²) in [5.74, 6) is -0.533. The molecule has 3 aromatic rings. The number of carbonyl (C=O) groups is 2. The Morgan fingerprint density at radius 3 is 2.36 bits per heavy atom. The monoisotopic (exact) mass is 458 g/mol. The van der Waals surface area contributed by atoms with Crippen molar-refractivity contribution in [3.8, 4) is 11.4 Å². The standard InChI is InChI=1S/C23H24F2N4O4/c1-14-12-19(15(2)29(14)17-6-8-18(9-7-17)33-22(24)25)21(31)16(3)32-20(30)13-28(4)23-26-10-5-11-27-23/h5-12,16,22H,13H2,1-4H3/t16-/m1/s1. The molecule has 2 heterocycles. The zero-order valence-corrected chi connectivity index (χ0v) is 18.7. The number of benzene rings is 1. The second-order valence-electron chi connectivity index (χ2n) is 7.39. The number of halogens is 2. The largest absolute Gasteiger partial charge is 0.453 e. The van der Waals surface area contributed by atoms with Crippen molar-refractivity contribution in [1.29, 1.82) is 0 Å². The fourth-order valence-corrected chi connectivity index (χ4v) is 3.45. The second kappa shape index (κ2) is 10.2. The average Bonchev–Trinajstić information content (AvgIpc) is 3.07. The maximum atomic E-state index is 13.0. The van der Waals surface area contributed by atoms with Crippen LogP contribution in [-0.4, -0.2) is 52.6 Å². The van der Waals surface area contributed by atoms with Gasteiger partial charge in [-0.25, -0.2) is 9.97 Å². The van der Waals surface area contributed by atoms with Gasteiger partial charge in [0.15, 0.2) is 6.10 Å². The number of aromatic nitrogens is 3. The highest BCUT2D eigenvalue weighted by molar-refractivity contribution is 6.01. The van der Waals surface area contributed by atoms with Crippen LogP contribution in [0.15, 0.2) is 48.8 Å². The molecule has 0 aliphatic heterocycles. The molecule has 3 rings (SSSR count). The van der Waals surface area contributed by atoms with Crippen LogP contribution < -0.4 is 9.64 Å². The number of hydrogen-bond donors (Lipinski definition) is 0. The van der Waals surface area contributed by atoms with Gasteiger partial charge in [0.25, 0.3) is 0 Å². The van der Waals surface area contributed by atoms with Crippen molar-refractivity contribution < 1.29 is 27.8 Å². The molecule has 0 aliphatic rings. The first-order chi connectivity index (χ1) is 15.7. The van der Waals surface area contributed by atoms with Crippen LogP contribution in [0.1, 0.15) is 28.7 Å². The number of Topliss-reactive ketones (excluding diaryl/α,β-unsaturated/α-hetero) is 1. The van der Waals surface area contributed by atoms with E-state index in [1.165, 1.54) is 24.0 Å². The van der Waals surface area contributed by atoms with E-state index in [9.17, 15) is 18.4 Å².